The SMILES string of the molecule is CCc1ocnc1C=O. The summed E-state index contributed by atoms with van der Waals surface area (Å²) in [5.74, 6) is 0.657. The van der Waals surface area contributed by atoms with Crippen LogP contribution in [0.4, 0.5) is 0 Å². The molecule has 1 aromatic rings. The number of aromatic nitrogens is 1. The minimum atomic E-state index is 0.414. The van der Waals surface area contributed by atoms with Gasteiger partial charge < -0.3 is 4.42 Å². The van der Waals surface area contributed by atoms with E-state index in [2.05, 4.69) is 4.98 Å². The Morgan fingerprint density at radius 3 is 3.11 bits per heavy atom. The van der Waals surface area contributed by atoms with Crippen LogP contribution in [0.3, 0.4) is 0 Å². The number of carbonyl (C=O) groups is 1. The van der Waals surface area contributed by atoms with Crippen LogP contribution in [0.15, 0.2) is 10.8 Å². The molecule has 0 spiro atoms. The van der Waals surface area contributed by atoms with Gasteiger partial charge in [0, 0.05) is 6.42 Å². The first-order valence-electron chi connectivity index (χ1n) is 2.76. The highest BCUT2D eigenvalue weighted by Gasteiger charge is 2.01. The van der Waals surface area contributed by atoms with Crippen LogP contribution in [0.25, 0.3) is 0 Å². The van der Waals surface area contributed by atoms with Crippen molar-refractivity contribution in [3.63, 3.8) is 0 Å². The van der Waals surface area contributed by atoms with Crippen molar-refractivity contribution in [2.75, 3.05) is 0 Å². The number of hydrogen-bond acceptors (Lipinski definition) is 3. The number of nitrogens with zero attached hydrogens (tertiary/aromatic N) is 1. The summed E-state index contributed by atoms with van der Waals surface area (Å²) in [5.41, 5.74) is 0.414. The van der Waals surface area contributed by atoms with E-state index in [0.29, 0.717) is 24.2 Å². The van der Waals surface area contributed by atoms with Gasteiger partial charge in [-0.2, -0.15) is 0 Å². The Hall–Kier alpha value is -1.12. The number of aldehydes is 1. The van der Waals surface area contributed by atoms with Crippen molar-refractivity contribution >= 4 is 6.29 Å². The molecule has 1 heterocycles. The normalized spacial score (nSPS) is 9.44. The van der Waals surface area contributed by atoms with Crippen molar-refractivity contribution in [1.29, 1.82) is 0 Å². The van der Waals surface area contributed by atoms with Crippen molar-refractivity contribution in [2.45, 2.75) is 13.3 Å². The van der Waals surface area contributed by atoms with Crippen LogP contribution < -0.4 is 0 Å². The van der Waals surface area contributed by atoms with Crippen LogP contribution >= 0.6 is 0 Å². The second-order valence-electron chi connectivity index (χ2n) is 1.63. The van der Waals surface area contributed by atoms with E-state index >= 15 is 0 Å². The van der Waals surface area contributed by atoms with Crippen LogP contribution in [0, 0.1) is 0 Å². The summed E-state index contributed by atoms with van der Waals surface area (Å²) in [7, 11) is 0. The van der Waals surface area contributed by atoms with Crippen LogP contribution in [-0.4, -0.2) is 11.3 Å². The monoisotopic (exact) mass is 125 g/mol. The Kier molecular flexibility index (Phi) is 1.63. The fraction of sp³-hybridized carbons (Fsp3) is 0.333. The summed E-state index contributed by atoms with van der Waals surface area (Å²) in [5, 5.41) is 0. The van der Waals surface area contributed by atoms with Crippen LogP contribution in [0.1, 0.15) is 23.2 Å². The molecule has 0 amide bonds. The third-order valence-electron chi connectivity index (χ3n) is 1.11. The largest absolute Gasteiger partial charge is 0.448 e. The summed E-state index contributed by atoms with van der Waals surface area (Å²) < 4.78 is 4.86. The Labute approximate surface area is 52.7 Å². The molecule has 48 valence electrons. The second kappa shape index (κ2) is 2.44. The molecule has 0 aliphatic rings. The zero-order valence-corrected chi connectivity index (χ0v) is 5.13. The molecule has 0 bridgehead atoms. The fourth-order valence-electron chi connectivity index (χ4n) is 0.640. The first kappa shape index (κ1) is 6.01. The van der Waals surface area contributed by atoms with Gasteiger partial charge in [-0.25, -0.2) is 4.98 Å². The lowest BCUT2D eigenvalue weighted by Gasteiger charge is -1.83. The molecule has 1 aromatic heterocycles. The first-order chi connectivity index (χ1) is 4.38. The lowest BCUT2D eigenvalue weighted by molar-refractivity contribution is 0.111. The van der Waals surface area contributed by atoms with Crippen molar-refractivity contribution in [2.24, 2.45) is 0 Å². The number of carbonyl (C=O) groups excluding carboxylic acids is 1. The molecule has 0 radical (unpaired) electrons. The first-order valence-corrected chi connectivity index (χ1v) is 2.76. The predicted molar refractivity (Wildman–Crippen MR) is 31.3 cm³/mol. The summed E-state index contributed by atoms with van der Waals surface area (Å²) >= 11 is 0. The molecule has 0 fully saturated rings. The molecule has 0 saturated heterocycles. The Bertz CT molecular complexity index is 205. The predicted octanol–water partition coefficient (Wildman–Crippen LogP) is 1.05. The van der Waals surface area contributed by atoms with Gasteiger partial charge in [-0.15, -0.1) is 0 Å². The zero-order valence-electron chi connectivity index (χ0n) is 5.13. The van der Waals surface area contributed by atoms with Gasteiger partial charge in [-0.1, -0.05) is 6.92 Å². The van der Waals surface area contributed by atoms with E-state index in [1.54, 1.807) is 0 Å². The van der Waals surface area contributed by atoms with E-state index in [0.717, 1.165) is 0 Å². The lowest BCUT2D eigenvalue weighted by atomic mass is 10.3. The molecule has 3 heteroatoms. The molecule has 9 heavy (non-hydrogen) atoms. The summed E-state index contributed by atoms with van der Waals surface area (Å²) in [6, 6.07) is 0. The highest BCUT2D eigenvalue weighted by molar-refractivity contribution is 5.72. The number of hydrogen-bond donors (Lipinski definition) is 0. The van der Waals surface area contributed by atoms with Crippen LogP contribution in [-0.2, 0) is 6.42 Å². The maximum Gasteiger partial charge on any atom is 0.181 e. The van der Waals surface area contributed by atoms with Gasteiger partial charge in [0.05, 0.1) is 0 Å². The minimum absolute atomic E-state index is 0.414. The topological polar surface area (TPSA) is 43.1 Å². The number of rotatable bonds is 2. The molecule has 0 unspecified atom stereocenters. The highest BCUT2D eigenvalue weighted by Crippen LogP contribution is 2.03. The van der Waals surface area contributed by atoms with Gasteiger partial charge in [-0.05, 0) is 0 Å². The minimum Gasteiger partial charge on any atom is -0.448 e. The quantitative estimate of drug-likeness (QED) is 0.555. The fourth-order valence-corrected chi connectivity index (χ4v) is 0.640. The van der Waals surface area contributed by atoms with E-state index < -0.39 is 0 Å². The van der Waals surface area contributed by atoms with Crippen LogP contribution in [0.2, 0.25) is 0 Å². The summed E-state index contributed by atoms with van der Waals surface area (Å²) in [6.07, 6.45) is 2.69. The molecule has 3 nitrogen and oxygen atoms in total. The zero-order chi connectivity index (χ0) is 6.69. The third kappa shape index (κ3) is 0.988. The Balaban J connectivity index is 2.98. The van der Waals surface area contributed by atoms with E-state index in [-0.39, 0.29) is 0 Å². The molecule has 1 rings (SSSR count). The third-order valence-corrected chi connectivity index (χ3v) is 1.11. The van der Waals surface area contributed by atoms with E-state index in [1.807, 2.05) is 6.92 Å². The van der Waals surface area contributed by atoms with E-state index in [1.165, 1.54) is 6.39 Å². The van der Waals surface area contributed by atoms with Crippen molar-refractivity contribution < 1.29 is 9.21 Å². The van der Waals surface area contributed by atoms with Gasteiger partial charge in [0.1, 0.15) is 11.5 Å². The lowest BCUT2D eigenvalue weighted by Crippen LogP contribution is -1.84. The van der Waals surface area contributed by atoms with E-state index in [4.69, 9.17) is 4.42 Å². The van der Waals surface area contributed by atoms with Gasteiger partial charge in [0.15, 0.2) is 12.7 Å². The van der Waals surface area contributed by atoms with Crippen LogP contribution in [0.5, 0.6) is 0 Å². The van der Waals surface area contributed by atoms with Crippen molar-refractivity contribution in [3.8, 4) is 0 Å². The molecule has 0 aliphatic carbocycles. The number of aryl methyl sites for hydroxylation is 1. The average molecular weight is 125 g/mol. The summed E-state index contributed by atoms with van der Waals surface area (Å²) in [4.78, 5) is 13.8. The van der Waals surface area contributed by atoms with Gasteiger partial charge in [-0.3, -0.25) is 4.79 Å². The molecule has 0 aliphatic heterocycles. The maximum absolute atomic E-state index is 10.1. The molecule has 0 atom stereocenters. The highest BCUT2D eigenvalue weighted by atomic mass is 16.3. The summed E-state index contributed by atoms with van der Waals surface area (Å²) in [6.45, 7) is 1.91. The molecule has 0 saturated carbocycles. The second-order valence-corrected chi connectivity index (χ2v) is 1.63. The maximum atomic E-state index is 10.1. The smallest absolute Gasteiger partial charge is 0.181 e. The Morgan fingerprint density at radius 1 is 1.89 bits per heavy atom. The van der Waals surface area contributed by atoms with Gasteiger partial charge >= 0.3 is 0 Å². The van der Waals surface area contributed by atoms with Crippen molar-refractivity contribution in [3.05, 3.63) is 17.8 Å². The van der Waals surface area contributed by atoms with Crippen molar-refractivity contribution in [1.82, 2.24) is 4.98 Å². The van der Waals surface area contributed by atoms with Gasteiger partial charge in [0.25, 0.3) is 0 Å². The molecule has 0 aromatic carbocycles. The molecule has 0 N–H and O–H groups in total. The molecular weight excluding hydrogens is 118 g/mol. The standard InChI is InChI=1S/C6H7NO2/c1-2-6-5(3-8)7-4-9-6/h3-4H,2H2,1H3. The average Bonchev–Trinajstić information content (AvgIpc) is 2.33. The Morgan fingerprint density at radius 2 is 2.67 bits per heavy atom. The molecular formula is C6H7NO2. The number of oxazole rings is 1. The van der Waals surface area contributed by atoms with Gasteiger partial charge in [0.2, 0.25) is 0 Å². The van der Waals surface area contributed by atoms with E-state index in [9.17, 15) is 4.79 Å².